The van der Waals surface area contributed by atoms with Gasteiger partial charge in [-0.1, -0.05) is 6.07 Å². The molecular weight excluding hydrogens is 262 g/mol. The van der Waals surface area contributed by atoms with Crippen LogP contribution < -0.4 is 11.1 Å². The average Bonchev–Trinajstić information content (AvgIpc) is 2.96. The first-order chi connectivity index (χ1) is 10.0. The van der Waals surface area contributed by atoms with Gasteiger partial charge < -0.3 is 11.1 Å². The van der Waals surface area contributed by atoms with Gasteiger partial charge in [0.1, 0.15) is 0 Å². The summed E-state index contributed by atoms with van der Waals surface area (Å²) >= 11 is 0. The summed E-state index contributed by atoms with van der Waals surface area (Å²) in [5.41, 5.74) is 9.48. The normalized spacial score (nSPS) is 28.6. The largest absolute Gasteiger partial charge is 0.327 e. The highest BCUT2D eigenvalue weighted by Gasteiger charge is 2.41. The molecular formula is C17H25N3O. The highest BCUT2D eigenvalue weighted by atomic mass is 16.2. The summed E-state index contributed by atoms with van der Waals surface area (Å²) in [6.45, 7) is 6.62. The van der Waals surface area contributed by atoms with Crippen molar-refractivity contribution in [2.75, 3.05) is 25.0 Å². The molecule has 21 heavy (non-hydrogen) atoms. The summed E-state index contributed by atoms with van der Waals surface area (Å²) in [4.78, 5) is 14.4. The van der Waals surface area contributed by atoms with E-state index < -0.39 is 0 Å². The number of hydrogen-bond acceptors (Lipinski definition) is 3. The third-order valence-corrected chi connectivity index (χ3v) is 5.15. The molecule has 1 saturated carbocycles. The van der Waals surface area contributed by atoms with Crippen LogP contribution in [0.25, 0.3) is 0 Å². The zero-order chi connectivity index (χ0) is 15.0. The Morgan fingerprint density at radius 1 is 1.29 bits per heavy atom. The van der Waals surface area contributed by atoms with Gasteiger partial charge in [0, 0.05) is 24.8 Å². The number of rotatable bonds is 3. The van der Waals surface area contributed by atoms with Crippen LogP contribution in [0.2, 0.25) is 0 Å². The Morgan fingerprint density at radius 2 is 2.10 bits per heavy atom. The lowest BCUT2D eigenvalue weighted by Gasteiger charge is -2.18. The number of nitrogens with zero attached hydrogens (tertiary/aromatic N) is 1. The first-order valence-electron chi connectivity index (χ1n) is 7.88. The van der Waals surface area contributed by atoms with E-state index in [0.29, 0.717) is 24.4 Å². The van der Waals surface area contributed by atoms with E-state index in [1.165, 1.54) is 17.5 Å². The minimum absolute atomic E-state index is 0.0757. The predicted molar refractivity (Wildman–Crippen MR) is 85.2 cm³/mol. The van der Waals surface area contributed by atoms with E-state index in [-0.39, 0.29) is 5.91 Å². The van der Waals surface area contributed by atoms with Crippen LogP contribution >= 0.6 is 0 Å². The van der Waals surface area contributed by atoms with Gasteiger partial charge >= 0.3 is 0 Å². The van der Waals surface area contributed by atoms with Gasteiger partial charge in [0.2, 0.25) is 5.91 Å². The standard InChI is InChI=1S/C17H25N3O/c1-11-3-5-14(7-12(11)2)19-17(21)10-20-8-13-4-6-16(18)15(13)9-20/h3,5,7,13,15-16H,4,6,8-10,18H2,1-2H3,(H,19,21). The molecule has 1 amide bonds. The summed E-state index contributed by atoms with van der Waals surface area (Å²) in [6.07, 6.45) is 2.37. The smallest absolute Gasteiger partial charge is 0.238 e. The van der Waals surface area contributed by atoms with E-state index in [9.17, 15) is 4.79 Å². The summed E-state index contributed by atoms with van der Waals surface area (Å²) in [6, 6.07) is 6.38. The number of carbonyl (C=O) groups is 1. The first kappa shape index (κ1) is 14.5. The molecule has 1 aromatic carbocycles. The quantitative estimate of drug-likeness (QED) is 0.893. The highest BCUT2D eigenvalue weighted by Crippen LogP contribution is 2.36. The molecule has 1 aliphatic heterocycles. The number of aryl methyl sites for hydroxylation is 2. The van der Waals surface area contributed by atoms with Crippen molar-refractivity contribution in [3.8, 4) is 0 Å². The Bertz CT molecular complexity index is 543. The van der Waals surface area contributed by atoms with Crippen LogP contribution in [-0.4, -0.2) is 36.5 Å². The molecule has 2 aliphatic rings. The number of nitrogens with one attached hydrogen (secondary N) is 1. The topological polar surface area (TPSA) is 58.4 Å². The molecule has 4 heteroatoms. The van der Waals surface area contributed by atoms with Crippen molar-refractivity contribution in [3.05, 3.63) is 29.3 Å². The van der Waals surface area contributed by atoms with E-state index >= 15 is 0 Å². The minimum Gasteiger partial charge on any atom is -0.327 e. The number of nitrogens with two attached hydrogens (primary N) is 1. The zero-order valence-corrected chi connectivity index (χ0v) is 12.9. The zero-order valence-electron chi connectivity index (χ0n) is 12.9. The second-order valence-electron chi connectivity index (χ2n) is 6.71. The van der Waals surface area contributed by atoms with Crippen LogP contribution in [0.5, 0.6) is 0 Å². The molecule has 0 spiro atoms. The van der Waals surface area contributed by atoms with Gasteiger partial charge in [0.15, 0.2) is 0 Å². The lowest BCUT2D eigenvalue weighted by Crippen LogP contribution is -2.34. The fourth-order valence-corrected chi connectivity index (χ4v) is 3.75. The molecule has 0 bridgehead atoms. The van der Waals surface area contributed by atoms with Crippen molar-refractivity contribution in [2.45, 2.75) is 32.7 Å². The van der Waals surface area contributed by atoms with Gasteiger partial charge in [-0.05, 0) is 61.8 Å². The monoisotopic (exact) mass is 287 g/mol. The fraction of sp³-hybridized carbons (Fsp3) is 0.588. The molecule has 114 valence electrons. The Hall–Kier alpha value is -1.39. The maximum Gasteiger partial charge on any atom is 0.238 e. The van der Waals surface area contributed by atoms with Gasteiger partial charge in [-0.25, -0.2) is 0 Å². The van der Waals surface area contributed by atoms with Crippen LogP contribution in [0, 0.1) is 25.7 Å². The molecule has 0 radical (unpaired) electrons. The summed E-state index contributed by atoms with van der Waals surface area (Å²) < 4.78 is 0. The molecule has 1 aromatic rings. The van der Waals surface area contributed by atoms with Crippen molar-refractivity contribution < 1.29 is 4.79 Å². The van der Waals surface area contributed by atoms with Gasteiger partial charge in [-0.15, -0.1) is 0 Å². The molecule has 1 aliphatic carbocycles. The van der Waals surface area contributed by atoms with Crippen LogP contribution in [0.3, 0.4) is 0 Å². The van der Waals surface area contributed by atoms with Crippen molar-refractivity contribution in [3.63, 3.8) is 0 Å². The van der Waals surface area contributed by atoms with Crippen LogP contribution in [0.15, 0.2) is 18.2 Å². The molecule has 1 saturated heterocycles. The third kappa shape index (κ3) is 3.11. The second kappa shape index (κ2) is 5.78. The minimum atomic E-state index is 0.0757. The predicted octanol–water partition coefficient (Wildman–Crippen LogP) is 1.91. The molecule has 2 fully saturated rings. The van der Waals surface area contributed by atoms with Gasteiger partial charge in [-0.3, -0.25) is 9.69 Å². The summed E-state index contributed by atoms with van der Waals surface area (Å²) in [7, 11) is 0. The van der Waals surface area contributed by atoms with Gasteiger partial charge in [-0.2, -0.15) is 0 Å². The van der Waals surface area contributed by atoms with Crippen molar-refractivity contribution >= 4 is 11.6 Å². The van der Waals surface area contributed by atoms with Gasteiger partial charge in [0.05, 0.1) is 6.54 Å². The summed E-state index contributed by atoms with van der Waals surface area (Å²) in [5.74, 6) is 1.38. The molecule has 3 unspecified atom stereocenters. The maximum atomic E-state index is 12.2. The maximum absolute atomic E-state index is 12.2. The van der Waals surface area contributed by atoms with E-state index in [1.807, 2.05) is 18.2 Å². The van der Waals surface area contributed by atoms with Crippen LogP contribution in [-0.2, 0) is 4.79 Å². The molecule has 0 aromatic heterocycles. The van der Waals surface area contributed by atoms with Crippen LogP contribution in [0.1, 0.15) is 24.0 Å². The van der Waals surface area contributed by atoms with Crippen molar-refractivity contribution in [2.24, 2.45) is 17.6 Å². The molecule has 1 heterocycles. The van der Waals surface area contributed by atoms with Crippen molar-refractivity contribution in [1.82, 2.24) is 4.90 Å². The van der Waals surface area contributed by atoms with Gasteiger partial charge in [0.25, 0.3) is 0 Å². The molecule has 3 N–H and O–H groups in total. The molecule has 4 nitrogen and oxygen atoms in total. The number of benzene rings is 1. The van der Waals surface area contributed by atoms with E-state index in [1.54, 1.807) is 0 Å². The molecule has 3 atom stereocenters. The Morgan fingerprint density at radius 3 is 2.81 bits per heavy atom. The van der Waals surface area contributed by atoms with E-state index in [0.717, 1.165) is 25.2 Å². The SMILES string of the molecule is Cc1ccc(NC(=O)CN2CC3CCC(N)C3C2)cc1C. The second-order valence-corrected chi connectivity index (χ2v) is 6.71. The number of hydrogen-bond donors (Lipinski definition) is 2. The van der Waals surface area contributed by atoms with Crippen LogP contribution in [0.4, 0.5) is 5.69 Å². The number of anilines is 1. The Kier molecular flexibility index (Phi) is 4.00. The third-order valence-electron chi connectivity index (χ3n) is 5.15. The van der Waals surface area contributed by atoms with Crippen molar-refractivity contribution in [1.29, 1.82) is 0 Å². The van der Waals surface area contributed by atoms with E-state index in [4.69, 9.17) is 5.73 Å². The first-order valence-corrected chi connectivity index (χ1v) is 7.88. The number of fused-ring (bicyclic) bond motifs is 1. The Balaban J connectivity index is 1.54. The number of carbonyl (C=O) groups excluding carboxylic acids is 1. The van der Waals surface area contributed by atoms with E-state index in [2.05, 4.69) is 24.1 Å². The number of amides is 1. The highest BCUT2D eigenvalue weighted by molar-refractivity contribution is 5.92. The number of likely N-dealkylation sites (tertiary alicyclic amines) is 1. The lowest BCUT2D eigenvalue weighted by atomic mass is 9.98. The fourth-order valence-electron chi connectivity index (χ4n) is 3.75. The average molecular weight is 287 g/mol. The summed E-state index contributed by atoms with van der Waals surface area (Å²) in [5, 5.41) is 3.00. The lowest BCUT2D eigenvalue weighted by molar-refractivity contribution is -0.117. The molecule has 3 rings (SSSR count). The Labute approximate surface area is 126 Å².